The average molecular weight is 419 g/mol. The number of hydrogen-bond acceptors (Lipinski definition) is 4. The Hall–Kier alpha value is -0.460. The topological polar surface area (TPSA) is 75.3 Å². The quantitative estimate of drug-likeness (QED) is 0.571. The fourth-order valence-corrected chi connectivity index (χ4v) is 4.92. The van der Waals surface area contributed by atoms with Gasteiger partial charge in [0.2, 0.25) is 0 Å². The zero-order valence-electron chi connectivity index (χ0n) is 14.9. The molecule has 146 valence electrons. The lowest BCUT2D eigenvalue weighted by atomic mass is 9.91. The zero-order valence-corrected chi connectivity index (χ0v) is 17.3. The number of aliphatic hydroxyl groups is 1. The van der Waals surface area contributed by atoms with Crippen LogP contribution in [0, 0.1) is 5.92 Å². The van der Waals surface area contributed by atoms with E-state index in [9.17, 15) is 9.90 Å². The fraction of sp³-hybridized carbons (Fsp3) is 0.632. The molecule has 7 heteroatoms. The van der Waals surface area contributed by atoms with Gasteiger partial charge in [-0.1, -0.05) is 48.5 Å². The summed E-state index contributed by atoms with van der Waals surface area (Å²) >= 11 is 13.7. The molecule has 0 unspecified atom stereocenters. The molecule has 26 heavy (non-hydrogen) atoms. The van der Waals surface area contributed by atoms with Crippen molar-refractivity contribution in [2.45, 2.75) is 50.7 Å². The van der Waals surface area contributed by atoms with Gasteiger partial charge in [-0.25, -0.2) is 0 Å². The van der Waals surface area contributed by atoms with Crippen LogP contribution in [0.5, 0.6) is 0 Å². The molecule has 4 nitrogen and oxygen atoms in total. The number of benzene rings is 1. The Labute approximate surface area is 170 Å². The molecule has 0 aliphatic heterocycles. The molecule has 1 aromatic carbocycles. The van der Waals surface area contributed by atoms with Crippen LogP contribution in [0.3, 0.4) is 0 Å². The summed E-state index contributed by atoms with van der Waals surface area (Å²) in [5, 5.41) is 14.0. The summed E-state index contributed by atoms with van der Waals surface area (Å²) in [6.07, 6.45) is 5.95. The van der Waals surface area contributed by atoms with Gasteiger partial charge < -0.3 is 16.2 Å². The number of rotatable bonds is 9. The second-order valence-corrected chi connectivity index (χ2v) is 8.85. The highest BCUT2D eigenvalue weighted by Gasteiger charge is 2.23. The summed E-state index contributed by atoms with van der Waals surface area (Å²) in [4.78, 5) is 12.1. The van der Waals surface area contributed by atoms with Crippen molar-refractivity contribution in [1.29, 1.82) is 0 Å². The number of hydrogen-bond donors (Lipinski definition) is 3. The van der Waals surface area contributed by atoms with E-state index in [0.29, 0.717) is 28.8 Å². The number of amides is 1. The van der Waals surface area contributed by atoms with E-state index >= 15 is 0 Å². The first-order chi connectivity index (χ1) is 12.5. The fourth-order valence-electron chi connectivity index (χ4n) is 3.16. The largest absolute Gasteiger partial charge is 0.382 e. The Balaban J connectivity index is 1.65. The monoisotopic (exact) mass is 418 g/mol. The van der Waals surface area contributed by atoms with Crippen LogP contribution in [0.1, 0.15) is 37.7 Å². The van der Waals surface area contributed by atoms with Gasteiger partial charge in [-0.3, -0.25) is 4.79 Å². The third-order valence-electron chi connectivity index (χ3n) is 4.77. The van der Waals surface area contributed by atoms with Crippen LogP contribution in [0.15, 0.2) is 18.2 Å². The third kappa shape index (κ3) is 7.28. The summed E-state index contributed by atoms with van der Waals surface area (Å²) in [5.41, 5.74) is 6.89. The highest BCUT2D eigenvalue weighted by Crippen LogP contribution is 2.27. The molecule has 0 aromatic heterocycles. The van der Waals surface area contributed by atoms with E-state index in [1.807, 2.05) is 6.07 Å². The van der Waals surface area contributed by atoms with Gasteiger partial charge in [0.1, 0.15) is 6.10 Å². The summed E-state index contributed by atoms with van der Waals surface area (Å²) in [5.74, 6) is 1.99. The van der Waals surface area contributed by atoms with E-state index in [0.717, 1.165) is 17.2 Å². The van der Waals surface area contributed by atoms with Crippen LogP contribution in [-0.2, 0) is 11.2 Å². The average Bonchev–Trinajstić information content (AvgIpc) is 2.63. The maximum atomic E-state index is 12.1. The van der Waals surface area contributed by atoms with Crippen LogP contribution < -0.4 is 11.1 Å². The highest BCUT2D eigenvalue weighted by atomic mass is 35.5. The van der Waals surface area contributed by atoms with Gasteiger partial charge in [-0.2, -0.15) is 11.8 Å². The molecular weight excluding hydrogens is 391 g/mol. The van der Waals surface area contributed by atoms with E-state index in [1.54, 1.807) is 23.9 Å². The molecule has 1 aliphatic carbocycles. The van der Waals surface area contributed by atoms with Gasteiger partial charge in [0, 0.05) is 28.4 Å². The first-order valence-electron chi connectivity index (χ1n) is 9.20. The van der Waals surface area contributed by atoms with Crippen LogP contribution in [-0.4, -0.2) is 41.2 Å². The number of carbonyl (C=O) groups excluding carboxylic acids is 1. The van der Waals surface area contributed by atoms with E-state index in [4.69, 9.17) is 28.9 Å². The number of nitrogens with one attached hydrogen (secondary N) is 1. The van der Waals surface area contributed by atoms with Gasteiger partial charge in [0.25, 0.3) is 5.91 Å². The number of aliphatic hydroxyl groups excluding tert-OH is 1. The summed E-state index contributed by atoms with van der Waals surface area (Å²) in [7, 11) is 0. The van der Waals surface area contributed by atoms with Crippen molar-refractivity contribution in [2.24, 2.45) is 11.7 Å². The van der Waals surface area contributed by atoms with E-state index < -0.39 is 18.1 Å². The molecule has 0 heterocycles. The number of thioether (sulfide) groups is 1. The molecule has 0 bridgehead atoms. The van der Waals surface area contributed by atoms with Crippen molar-refractivity contribution in [1.82, 2.24) is 5.32 Å². The van der Waals surface area contributed by atoms with Crippen molar-refractivity contribution < 1.29 is 9.90 Å². The van der Waals surface area contributed by atoms with Crippen molar-refractivity contribution in [3.8, 4) is 0 Å². The van der Waals surface area contributed by atoms with Gasteiger partial charge in [-0.15, -0.1) is 0 Å². The molecule has 2 atom stereocenters. The Morgan fingerprint density at radius 1 is 1.31 bits per heavy atom. The van der Waals surface area contributed by atoms with Gasteiger partial charge in [0.05, 0.1) is 0 Å². The molecule has 0 saturated heterocycles. The lowest BCUT2D eigenvalue weighted by molar-refractivity contribution is -0.129. The van der Waals surface area contributed by atoms with Crippen LogP contribution in [0.25, 0.3) is 0 Å². The van der Waals surface area contributed by atoms with Crippen molar-refractivity contribution in [3.05, 3.63) is 33.8 Å². The molecule has 1 amide bonds. The minimum atomic E-state index is -1.19. The molecule has 0 radical (unpaired) electrons. The minimum absolute atomic E-state index is 0.388. The lowest BCUT2D eigenvalue weighted by Gasteiger charge is -2.23. The lowest BCUT2D eigenvalue weighted by Crippen LogP contribution is -2.48. The number of halogens is 2. The van der Waals surface area contributed by atoms with E-state index in [2.05, 4.69) is 5.32 Å². The maximum absolute atomic E-state index is 12.1. The van der Waals surface area contributed by atoms with Crippen LogP contribution in [0.2, 0.25) is 10.0 Å². The smallest absolute Gasteiger partial charge is 0.250 e. The van der Waals surface area contributed by atoms with Gasteiger partial charge in [0.15, 0.2) is 0 Å². The summed E-state index contributed by atoms with van der Waals surface area (Å²) < 4.78 is 0. The predicted octanol–water partition coefficient (Wildman–Crippen LogP) is 3.65. The molecular formula is C19H28Cl2N2O2S. The summed E-state index contributed by atoms with van der Waals surface area (Å²) in [6, 6.07) is 4.72. The van der Waals surface area contributed by atoms with Crippen molar-refractivity contribution in [3.63, 3.8) is 0 Å². The standard InChI is InChI=1S/C19H28Cl2N2O2S/c20-15-7-6-14(16(21)10-15)8-9-23-19(25)18(24)17(22)12-26-11-13-4-2-1-3-5-13/h6-7,10,13,17-18,24H,1-5,8-9,11-12,22H2,(H,23,25)/t17-,18+/m1/s1. The molecule has 1 aliphatic rings. The van der Waals surface area contributed by atoms with Crippen molar-refractivity contribution in [2.75, 3.05) is 18.1 Å². The van der Waals surface area contributed by atoms with Crippen LogP contribution >= 0.6 is 35.0 Å². The molecule has 0 spiro atoms. The van der Waals surface area contributed by atoms with E-state index in [1.165, 1.54) is 32.1 Å². The summed E-state index contributed by atoms with van der Waals surface area (Å²) in [6.45, 7) is 0.388. The predicted molar refractivity (Wildman–Crippen MR) is 111 cm³/mol. The van der Waals surface area contributed by atoms with E-state index in [-0.39, 0.29) is 0 Å². The Morgan fingerprint density at radius 2 is 2.04 bits per heavy atom. The molecule has 2 rings (SSSR count). The SMILES string of the molecule is N[C@H](CSCC1CCCCC1)[C@H](O)C(=O)NCCc1ccc(Cl)cc1Cl. The Morgan fingerprint density at radius 3 is 2.73 bits per heavy atom. The molecule has 1 aromatic rings. The van der Waals surface area contributed by atoms with Gasteiger partial charge in [-0.05, 0) is 48.6 Å². The molecule has 1 fully saturated rings. The normalized spacial score (nSPS) is 17.7. The third-order valence-corrected chi connectivity index (χ3v) is 6.69. The highest BCUT2D eigenvalue weighted by molar-refractivity contribution is 7.99. The first-order valence-corrected chi connectivity index (χ1v) is 11.1. The van der Waals surface area contributed by atoms with Gasteiger partial charge >= 0.3 is 0 Å². The minimum Gasteiger partial charge on any atom is -0.382 e. The first kappa shape index (κ1) is 21.8. The second-order valence-electron chi connectivity index (χ2n) is 6.93. The molecule has 4 N–H and O–H groups in total. The number of nitrogens with two attached hydrogens (primary N) is 1. The Bertz CT molecular complexity index is 583. The zero-order chi connectivity index (χ0) is 18.9. The van der Waals surface area contributed by atoms with Crippen molar-refractivity contribution >= 4 is 40.9 Å². The molecule has 1 saturated carbocycles. The van der Waals surface area contributed by atoms with Crippen LogP contribution in [0.4, 0.5) is 0 Å². The Kier molecular flexibility index (Phi) is 9.57. The maximum Gasteiger partial charge on any atom is 0.250 e. The number of carbonyl (C=O) groups is 1. The second kappa shape index (κ2) is 11.4.